The summed E-state index contributed by atoms with van der Waals surface area (Å²) in [5.41, 5.74) is -1.05. The highest BCUT2D eigenvalue weighted by atomic mass is 35.5. The van der Waals surface area contributed by atoms with Crippen LogP contribution >= 0.6 is 22.9 Å². The van der Waals surface area contributed by atoms with E-state index in [0.29, 0.717) is 21.3 Å². The molecule has 0 aliphatic rings. The second-order valence-electron chi connectivity index (χ2n) is 8.78. The van der Waals surface area contributed by atoms with Crippen LogP contribution in [-0.2, 0) is 9.53 Å². The molecule has 34 heavy (non-hydrogen) atoms. The number of pyridine rings is 1. The number of hydrogen-bond donors (Lipinski definition) is 2. The SMILES string of the molecule is CC(C)(C)OC(=O)NC(C)(C)C(=O)Nc1nc(-c2ccc(F)cc2)c(Oc2ccc(Cl)cn2)s1. The van der Waals surface area contributed by atoms with Crippen molar-refractivity contribution in [3.8, 4) is 22.2 Å². The van der Waals surface area contributed by atoms with Gasteiger partial charge in [-0.05, 0) is 65.0 Å². The Balaban J connectivity index is 1.85. The van der Waals surface area contributed by atoms with E-state index >= 15 is 0 Å². The number of halogens is 2. The molecule has 180 valence electrons. The quantitative estimate of drug-likeness (QED) is 0.423. The van der Waals surface area contributed by atoms with Gasteiger partial charge in [0.05, 0.1) is 5.02 Å². The maximum absolute atomic E-state index is 13.4. The molecule has 1 aromatic carbocycles. The first-order valence-corrected chi connectivity index (χ1v) is 11.4. The van der Waals surface area contributed by atoms with Crippen LogP contribution in [0.4, 0.5) is 14.3 Å². The van der Waals surface area contributed by atoms with Crippen molar-refractivity contribution in [1.29, 1.82) is 0 Å². The van der Waals surface area contributed by atoms with Gasteiger partial charge in [-0.1, -0.05) is 22.9 Å². The number of nitrogens with one attached hydrogen (secondary N) is 2. The van der Waals surface area contributed by atoms with Gasteiger partial charge in [-0.3, -0.25) is 10.1 Å². The summed E-state index contributed by atoms with van der Waals surface area (Å²) in [6, 6.07) is 8.90. The Morgan fingerprint density at radius 2 is 1.74 bits per heavy atom. The summed E-state index contributed by atoms with van der Waals surface area (Å²) < 4.78 is 24.5. The first-order valence-electron chi connectivity index (χ1n) is 10.2. The van der Waals surface area contributed by atoms with Crippen LogP contribution in [0.1, 0.15) is 34.6 Å². The van der Waals surface area contributed by atoms with Crippen LogP contribution in [-0.4, -0.2) is 33.1 Å². The number of rotatable bonds is 6. The van der Waals surface area contributed by atoms with Gasteiger partial charge in [0.1, 0.15) is 22.7 Å². The van der Waals surface area contributed by atoms with Gasteiger partial charge in [0.25, 0.3) is 5.91 Å². The average Bonchev–Trinajstić information content (AvgIpc) is 3.10. The fourth-order valence-electron chi connectivity index (χ4n) is 2.61. The molecular formula is C23H24ClFN4O4S. The smallest absolute Gasteiger partial charge is 0.408 e. The second kappa shape index (κ2) is 9.94. The Labute approximate surface area is 205 Å². The van der Waals surface area contributed by atoms with E-state index in [0.717, 1.165) is 11.3 Å². The lowest BCUT2D eigenvalue weighted by Gasteiger charge is -2.27. The molecule has 2 amide bonds. The van der Waals surface area contributed by atoms with Gasteiger partial charge < -0.3 is 14.8 Å². The fourth-order valence-corrected chi connectivity index (χ4v) is 3.56. The molecule has 0 saturated carbocycles. The number of nitrogens with zero attached hydrogens (tertiary/aromatic N) is 2. The van der Waals surface area contributed by atoms with E-state index in [1.165, 1.54) is 32.2 Å². The standard InChI is InChI=1S/C23H24ClFN4O4S/c1-22(2,3)33-21(31)29-23(4,5)19(30)28-20-27-17(13-6-9-15(25)10-7-13)18(34-20)32-16-11-8-14(24)12-26-16/h6-12H,1-5H3,(H,29,31)(H,27,28,30). The van der Waals surface area contributed by atoms with Crippen molar-refractivity contribution in [2.24, 2.45) is 0 Å². The third kappa shape index (κ3) is 6.88. The monoisotopic (exact) mass is 506 g/mol. The Bertz CT molecular complexity index is 1180. The van der Waals surface area contributed by atoms with Gasteiger partial charge in [0, 0.05) is 17.8 Å². The Morgan fingerprint density at radius 1 is 1.06 bits per heavy atom. The zero-order chi connectivity index (χ0) is 25.1. The lowest BCUT2D eigenvalue weighted by atomic mass is 10.1. The van der Waals surface area contributed by atoms with Gasteiger partial charge in [-0.25, -0.2) is 19.2 Å². The molecule has 0 spiro atoms. The van der Waals surface area contributed by atoms with E-state index in [2.05, 4.69) is 20.6 Å². The van der Waals surface area contributed by atoms with Gasteiger partial charge in [-0.15, -0.1) is 0 Å². The number of aromatic nitrogens is 2. The van der Waals surface area contributed by atoms with Crippen molar-refractivity contribution in [3.63, 3.8) is 0 Å². The summed E-state index contributed by atoms with van der Waals surface area (Å²) in [7, 11) is 0. The molecule has 0 saturated heterocycles. The molecular weight excluding hydrogens is 483 g/mol. The molecule has 2 N–H and O–H groups in total. The lowest BCUT2D eigenvalue weighted by molar-refractivity contribution is -0.121. The van der Waals surface area contributed by atoms with Crippen LogP contribution in [0.2, 0.25) is 5.02 Å². The molecule has 0 aliphatic carbocycles. The van der Waals surface area contributed by atoms with E-state index in [1.54, 1.807) is 45.0 Å². The van der Waals surface area contributed by atoms with Crippen molar-refractivity contribution in [3.05, 3.63) is 53.4 Å². The summed E-state index contributed by atoms with van der Waals surface area (Å²) in [4.78, 5) is 33.6. The molecule has 0 bridgehead atoms. The summed E-state index contributed by atoms with van der Waals surface area (Å²) in [5.74, 6) is -0.653. The number of thiazole rings is 1. The molecule has 2 aromatic heterocycles. The van der Waals surface area contributed by atoms with Crippen LogP contribution in [0.5, 0.6) is 10.9 Å². The van der Waals surface area contributed by atoms with Gasteiger partial charge >= 0.3 is 6.09 Å². The molecule has 11 heteroatoms. The van der Waals surface area contributed by atoms with E-state index < -0.39 is 29.0 Å². The first-order chi connectivity index (χ1) is 15.8. The normalized spacial score (nSPS) is 11.6. The molecule has 3 rings (SSSR count). The minimum Gasteiger partial charge on any atom is -0.444 e. The molecule has 8 nitrogen and oxygen atoms in total. The summed E-state index contributed by atoms with van der Waals surface area (Å²) in [6.45, 7) is 8.25. The van der Waals surface area contributed by atoms with Crippen LogP contribution in [0.15, 0.2) is 42.6 Å². The molecule has 3 aromatic rings. The second-order valence-corrected chi connectivity index (χ2v) is 10.2. The highest BCUT2D eigenvalue weighted by Crippen LogP contribution is 2.40. The van der Waals surface area contributed by atoms with E-state index in [-0.39, 0.29) is 11.0 Å². The van der Waals surface area contributed by atoms with Crippen molar-refractivity contribution in [2.75, 3.05) is 5.32 Å². The van der Waals surface area contributed by atoms with Crippen molar-refractivity contribution < 1.29 is 23.5 Å². The third-order valence-electron chi connectivity index (χ3n) is 4.21. The van der Waals surface area contributed by atoms with Crippen LogP contribution in [0.25, 0.3) is 11.3 Å². The molecule has 0 aliphatic heterocycles. The first kappa shape index (κ1) is 25.4. The minimum absolute atomic E-state index is 0.215. The highest BCUT2D eigenvalue weighted by Gasteiger charge is 2.32. The molecule has 2 heterocycles. The largest absolute Gasteiger partial charge is 0.444 e. The van der Waals surface area contributed by atoms with Crippen molar-refractivity contribution in [2.45, 2.75) is 45.8 Å². The predicted molar refractivity (Wildman–Crippen MR) is 129 cm³/mol. The summed E-state index contributed by atoms with van der Waals surface area (Å²) in [6.07, 6.45) is 0.708. The number of carbonyl (C=O) groups excluding carboxylic acids is 2. The Kier molecular flexibility index (Phi) is 7.42. The van der Waals surface area contributed by atoms with Crippen molar-refractivity contribution in [1.82, 2.24) is 15.3 Å². The van der Waals surface area contributed by atoms with E-state index in [4.69, 9.17) is 21.1 Å². The number of carbonyl (C=O) groups is 2. The van der Waals surface area contributed by atoms with Gasteiger partial charge in [-0.2, -0.15) is 0 Å². The maximum Gasteiger partial charge on any atom is 0.408 e. The van der Waals surface area contributed by atoms with Crippen molar-refractivity contribution >= 4 is 40.1 Å². The highest BCUT2D eigenvalue weighted by molar-refractivity contribution is 7.18. The number of anilines is 1. The van der Waals surface area contributed by atoms with Gasteiger partial charge in [0.15, 0.2) is 5.13 Å². The molecule has 0 fully saturated rings. The van der Waals surface area contributed by atoms with E-state index in [1.807, 2.05) is 0 Å². The van der Waals surface area contributed by atoms with Gasteiger partial charge in [0.2, 0.25) is 10.9 Å². The number of benzene rings is 1. The number of alkyl carbamates (subject to hydrolysis) is 1. The van der Waals surface area contributed by atoms with Crippen LogP contribution in [0.3, 0.4) is 0 Å². The summed E-state index contributed by atoms with van der Waals surface area (Å²) in [5, 5.41) is 6.23. The fraction of sp³-hybridized carbons (Fsp3) is 0.304. The molecule has 0 radical (unpaired) electrons. The summed E-state index contributed by atoms with van der Waals surface area (Å²) >= 11 is 6.94. The number of ether oxygens (including phenoxy) is 2. The Morgan fingerprint density at radius 3 is 2.32 bits per heavy atom. The predicted octanol–water partition coefficient (Wildman–Crippen LogP) is 6.03. The number of hydrogen-bond acceptors (Lipinski definition) is 7. The maximum atomic E-state index is 13.4. The Hall–Kier alpha value is -3.24. The van der Waals surface area contributed by atoms with Crippen LogP contribution < -0.4 is 15.4 Å². The average molecular weight is 507 g/mol. The zero-order valence-electron chi connectivity index (χ0n) is 19.2. The number of amides is 2. The molecule has 0 unspecified atom stereocenters. The third-order valence-corrected chi connectivity index (χ3v) is 5.29. The van der Waals surface area contributed by atoms with Crippen LogP contribution in [0, 0.1) is 5.82 Å². The topological polar surface area (TPSA) is 102 Å². The lowest BCUT2D eigenvalue weighted by Crippen LogP contribution is -2.53. The van der Waals surface area contributed by atoms with E-state index in [9.17, 15) is 14.0 Å². The zero-order valence-corrected chi connectivity index (χ0v) is 20.8. The molecule has 0 atom stereocenters. The minimum atomic E-state index is -1.30.